The van der Waals surface area contributed by atoms with Crippen LogP contribution >= 0.6 is 11.3 Å². The third kappa shape index (κ3) is 1.98. The van der Waals surface area contributed by atoms with E-state index in [1.807, 2.05) is 0 Å². The van der Waals surface area contributed by atoms with Crippen molar-refractivity contribution in [2.75, 3.05) is 6.54 Å². The number of nitrogens with two attached hydrogens (primary N) is 1. The average Bonchev–Trinajstić information content (AvgIpc) is 2.38. The Bertz CT molecular complexity index is 229. The highest BCUT2D eigenvalue weighted by Crippen LogP contribution is 2.35. The number of thiophene rings is 1. The van der Waals surface area contributed by atoms with Crippen molar-refractivity contribution in [3.63, 3.8) is 0 Å². The fraction of sp³-hybridized carbons (Fsp3) is 0.429. The van der Waals surface area contributed by atoms with Gasteiger partial charge in [0.2, 0.25) is 0 Å². The third-order valence-electron chi connectivity index (χ3n) is 1.52. The van der Waals surface area contributed by atoms with E-state index < -0.39 is 12.1 Å². The lowest BCUT2D eigenvalue weighted by Gasteiger charge is -2.16. The summed E-state index contributed by atoms with van der Waals surface area (Å²) < 4.78 is 36.6. The molecule has 12 heavy (non-hydrogen) atoms. The second kappa shape index (κ2) is 3.45. The SMILES string of the molecule is NCC(c1cccs1)C(F)(F)F. The Morgan fingerprint density at radius 3 is 2.50 bits per heavy atom. The van der Waals surface area contributed by atoms with Crippen molar-refractivity contribution >= 4 is 11.3 Å². The zero-order chi connectivity index (χ0) is 9.19. The average molecular weight is 195 g/mol. The molecule has 0 fully saturated rings. The molecule has 0 saturated heterocycles. The van der Waals surface area contributed by atoms with E-state index in [9.17, 15) is 13.2 Å². The molecular formula is C7H8F3NS. The molecule has 1 heterocycles. The minimum Gasteiger partial charge on any atom is -0.329 e. The summed E-state index contributed by atoms with van der Waals surface area (Å²) in [4.78, 5) is 0.282. The van der Waals surface area contributed by atoms with Gasteiger partial charge in [0, 0.05) is 11.4 Å². The van der Waals surface area contributed by atoms with Crippen LogP contribution in [0.3, 0.4) is 0 Å². The first-order valence-electron chi connectivity index (χ1n) is 3.36. The van der Waals surface area contributed by atoms with Gasteiger partial charge in [-0.3, -0.25) is 0 Å². The Morgan fingerprint density at radius 2 is 2.17 bits per heavy atom. The van der Waals surface area contributed by atoms with Gasteiger partial charge in [-0.05, 0) is 11.4 Å². The molecule has 0 bridgehead atoms. The second-order valence-electron chi connectivity index (χ2n) is 2.35. The molecule has 0 aliphatic carbocycles. The summed E-state index contributed by atoms with van der Waals surface area (Å²) in [6, 6.07) is 3.05. The zero-order valence-corrected chi connectivity index (χ0v) is 6.95. The molecular weight excluding hydrogens is 187 g/mol. The predicted molar refractivity (Wildman–Crippen MR) is 42.2 cm³/mol. The van der Waals surface area contributed by atoms with Crippen molar-refractivity contribution in [1.29, 1.82) is 0 Å². The molecule has 0 aliphatic rings. The normalized spacial score (nSPS) is 14.7. The molecule has 0 spiro atoms. The van der Waals surface area contributed by atoms with Crippen molar-refractivity contribution < 1.29 is 13.2 Å². The minimum absolute atomic E-state index is 0.282. The summed E-state index contributed by atoms with van der Waals surface area (Å²) in [5, 5.41) is 1.61. The van der Waals surface area contributed by atoms with Crippen molar-refractivity contribution in [2.45, 2.75) is 12.1 Å². The van der Waals surface area contributed by atoms with Crippen LogP contribution in [0.4, 0.5) is 13.2 Å². The van der Waals surface area contributed by atoms with Crippen molar-refractivity contribution in [3.8, 4) is 0 Å². The fourth-order valence-electron chi connectivity index (χ4n) is 0.901. The topological polar surface area (TPSA) is 26.0 Å². The lowest BCUT2D eigenvalue weighted by molar-refractivity contribution is -0.147. The van der Waals surface area contributed by atoms with Gasteiger partial charge in [0.15, 0.2) is 0 Å². The molecule has 0 amide bonds. The van der Waals surface area contributed by atoms with E-state index in [0.29, 0.717) is 0 Å². The molecule has 1 nitrogen and oxygen atoms in total. The van der Waals surface area contributed by atoms with Gasteiger partial charge in [-0.1, -0.05) is 6.07 Å². The lowest BCUT2D eigenvalue weighted by atomic mass is 10.1. The Balaban J connectivity index is 2.84. The van der Waals surface area contributed by atoms with E-state index in [1.165, 1.54) is 6.07 Å². The Hall–Kier alpha value is -0.550. The second-order valence-corrected chi connectivity index (χ2v) is 3.32. The molecule has 0 radical (unpaired) electrons. The van der Waals surface area contributed by atoms with Gasteiger partial charge in [0.05, 0.1) is 0 Å². The number of hydrogen-bond donors (Lipinski definition) is 1. The maximum Gasteiger partial charge on any atom is 0.397 e. The van der Waals surface area contributed by atoms with Gasteiger partial charge in [-0.2, -0.15) is 13.2 Å². The Morgan fingerprint density at radius 1 is 1.50 bits per heavy atom. The highest BCUT2D eigenvalue weighted by atomic mass is 32.1. The smallest absolute Gasteiger partial charge is 0.329 e. The van der Waals surface area contributed by atoms with Crippen LogP contribution in [0, 0.1) is 0 Å². The van der Waals surface area contributed by atoms with Crippen LogP contribution in [0.5, 0.6) is 0 Å². The van der Waals surface area contributed by atoms with E-state index in [4.69, 9.17) is 5.73 Å². The van der Waals surface area contributed by atoms with Gasteiger partial charge in [-0.25, -0.2) is 0 Å². The van der Waals surface area contributed by atoms with E-state index in [-0.39, 0.29) is 11.4 Å². The van der Waals surface area contributed by atoms with Crippen molar-refractivity contribution in [2.24, 2.45) is 5.73 Å². The van der Waals surface area contributed by atoms with Gasteiger partial charge in [0.1, 0.15) is 5.92 Å². The Kier molecular flexibility index (Phi) is 2.74. The van der Waals surface area contributed by atoms with Gasteiger partial charge < -0.3 is 5.73 Å². The van der Waals surface area contributed by atoms with Gasteiger partial charge >= 0.3 is 6.18 Å². The van der Waals surface area contributed by atoms with Crippen LogP contribution in [0.25, 0.3) is 0 Å². The first kappa shape index (κ1) is 9.54. The maximum absolute atomic E-state index is 12.2. The summed E-state index contributed by atoms with van der Waals surface area (Å²) in [5.41, 5.74) is 5.04. The largest absolute Gasteiger partial charge is 0.397 e. The first-order chi connectivity index (χ1) is 5.55. The molecule has 2 N–H and O–H groups in total. The predicted octanol–water partition coefficient (Wildman–Crippen LogP) is 2.35. The number of rotatable bonds is 2. The van der Waals surface area contributed by atoms with Crippen LogP contribution < -0.4 is 5.73 Å². The van der Waals surface area contributed by atoms with Crippen LogP contribution in [0.15, 0.2) is 17.5 Å². The van der Waals surface area contributed by atoms with Gasteiger partial charge in [0.25, 0.3) is 0 Å². The fourth-order valence-corrected chi connectivity index (χ4v) is 1.77. The quantitative estimate of drug-likeness (QED) is 0.770. The first-order valence-corrected chi connectivity index (χ1v) is 4.24. The zero-order valence-electron chi connectivity index (χ0n) is 6.14. The molecule has 0 saturated carbocycles. The standard InChI is InChI=1S/C7H8F3NS/c8-7(9,10)5(4-11)6-2-1-3-12-6/h1-3,5H,4,11H2. The monoisotopic (exact) mass is 195 g/mol. The molecule has 1 aromatic rings. The highest BCUT2D eigenvalue weighted by molar-refractivity contribution is 7.10. The van der Waals surface area contributed by atoms with E-state index in [2.05, 4.69) is 0 Å². The number of alkyl halides is 3. The van der Waals surface area contributed by atoms with E-state index >= 15 is 0 Å². The summed E-state index contributed by atoms with van der Waals surface area (Å²) in [7, 11) is 0. The molecule has 1 aromatic heterocycles. The van der Waals surface area contributed by atoms with Crippen LogP contribution in [-0.4, -0.2) is 12.7 Å². The molecule has 0 aliphatic heterocycles. The molecule has 68 valence electrons. The molecule has 1 rings (SSSR count). The van der Waals surface area contributed by atoms with E-state index in [1.54, 1.807) is 11.4 Å². The molecule has 1 atom stereocenters. The van der Waals surface area contributed by atoms with Gasteiger partial charge in [-0.15, -0.1) is 11.3 Å². The highest BCUT2D eigenvalue weighted by Gasteiger charge is 2.40. The summed E-state index contributed by atoms with van der Waals surface area (Å²) >= 11 is 1.08. The summed E-state index contributed by atoms with van der Waals surface area (Å²) in [6.07, 6.45) is -4.22. The van der Waals surface area contributed by atoms with Crippen molar-refractivity contribution in [1.82, 2.24) is 0 Å². The lowest BCUT2D eigenvalue weighted by Crippen LogP contribution is -2.27. The van der Waals surface area contributed by atoms with E-state index in [0.717, 1.165) is 11.3 Å². The Labute approximate surface area is 72.0 Å². The van der Waals surface area contributed by atoms with Crippen LogP contribution in [0.1, 0.15) is 10.8 Å². The number of hydrogen-bond acceptors (Lipinski definition) is 2. The van der Waals surface area contributed by atoms with Crippen LogP contribution in [-0.2, 0) is 0 Å². The van der Waals surface area contributed by atoms with Crippen LogP contribution in [0.2, 0.25) is 0 Å². The minimum atomic E-state index is -4.22. The third-order valence-corrected chi connectivity index (χ3v) is 2.50. The molecule has 0 aromatic carbocycles. The summed E-state index contributed by atoms with van der Waals surface area (Å²) in [5.74, 6) is -1.50. The summed E-state index contributed by atoms with van der Waals surface area (Å²) in [6.45, 7) is -0.385. The maximum atomic E-state index is 12.2. The molecule has 1 unspecified atom stereocenters. The van der Waals surface area contributed by atoms with Crippen molar-refractivity contribution in [3.05, 3.63) is 22.4 Å². The number of halogens is 3. The molecule has 5 heteroatoms.